The molecule has 0 aliphatic carbocycles. The van der Waals surface area contributed by atoms with Gasteiger partial charge in [-0.2, -0.15) is 0 Å². The average Bonchev–Trinajstić information content (AvgIpc) is 2.68. The molecule has 156 valence electrons. The van der Waals surface area contributed by atoms with Crippen LogP contribution in [0.5, 0.6) is 5.75 Å². The van der Waals surface area contributed by atoms with Gasteiger partial charge in [0.25, 0.3) is 0 Å². The minimum absolute atomic E-state index is 0.0493. The van der Waals surface area contributed by atoms with Gasteiger partial charge in [-0.05, 0) is 57.4 Å². The number of carbonyl (C=O) groups excluding carboxylic acids is 1. The van der Waals surface area contributed by atoms with Gasteiger partial charge >= 0.3 is 6.03 Å². The molecule has 2 aliphatic heterocycles. The predicted molar refractivity (Wildman–Crippen MR) is 113 cm³/mol. The fourth-order valence-electron chi connectivity index (χ4n) is 4.00. The summed E-state index contributed by atoms with van der Waals surface area (Å²) in [6.45, 7) is 12.2. The summed E-state index contributed by atoms with van der Waals surface area (Å²) >= 11 is 0. The molecule has 0 aromatic heterocycles. The van der Waals surface area contributed by atoms with Crippen molar-refractivity contribution >= 4 is 6.03 Å². The molecule has 1 aromatic carbocycles. The third kappa shape index (κ3) is 6.38. The second-order valence-electron chi connectivity index (χ2n) is 8.51. The van der Waals surface area contributed by atoms with Gasteiger partial charge in [-0.1, -0.05) is 12.1 Å². The minimum atomic E-state index is 0.0493. The number of likely N-dealkylation sites (N-methyl/N-ethyl adjacent to an activating group) is 1. The molecule has 2 aliphatic rings. The van der Waals surface area contributed by atoms with Gasteiger partial charge in [0.05, 0.1) is 6.10 Å². The summed E-state index contributed by atoms with van der Waals surface area (Å²) in [4.78, 5) is 19.5. The van der Waals surface area contributed by atoms with E-state index in [2.05, 4.69) is 22.2 Å². The molecule has 0 bridgehead atoms. The Bertz CT molecular complexity index is 621. The quantitative estimate of drug-likeness (QED) is 0.814. The van der Waals surface area contributed by atoms with E-state index in [0.29, 0.717) is 6.54 Å². The summed E-state index contributed by atoms with van der Waals surface area (Å²) in [5.41, 5.74) is 1.07. The number of hydrogen-bond acceptors (Lipinski definition) is 4. The number of carbonyl (C=O) groups is 1. The van der Waals surface area contributed by atoms with Gasteiger partial charge in [0.2, 0.25) is 0 Å². The average molecular weight is 389 g/mol. The molecule has 6 nitrogen and oxygen atoms in total. The molecule has 0 spiro atoms. The Morgan fingerprint density at radius 2 is 1.86 bits per heavy atom. The number of amides is 2. The van der Waals surface area contributed by atoms with Crippen LogP contribution < -0.4 is 10.1 Å². The largest absolute Gasteiger partial charge is 0.491 e. The van der Waals surface area contributed by atoms with Crippen LogP contribution in [0.3, 0.4) is 0 Å². The zero-order chi connectivity index (χ0) is 19.9. The van der Waals surface area contributed by atoms with E-state index >= 15 is 0 Å². The summed E-state index contributed by atoms with van der Waals surface area (Å²) in [6.07, 6.45) is 2.37. The maximum Gasteiger partial charge on any atom is 0.317 e. The molecule has 0 atom stereocenters. The lowest BCUT2D eigenvalue weighted by molar-refractivity contribution is 0.111. The van der Waals surface area contributed by atoms with Gasteiger partial charge in [-0.3, -0.25) is 0 Å². The first kappa shape index (κ1) is 20.9. The van der Waals surface area contributed by atoms with Crippen molar-refractivity contribution in [1.82, 2.24) is 20.0 Å². The maximum atomic E-state index is 12.5. The van der Waals surface area contributed by atoms with Crippen LogP contribution >= 0.6 is 0 Å². The number of likely N-dealkylation sites (tertiary alicyclic amines) is 1. The Balaban J connectivity index is 1.38. The van der Waals surface area contributed by atoms with E-state index in [-0.39, 0.29) is 12.1 Å². The summed E-state index contributed by atoms with van der Waals surface area (Å²) in [5, 5.41) is 3.07. The highest BCUT2D eigenvalue weighted by molar-refractivity contribution is 5.74. The Morgan fingerprint density at radius 1 is 1.14 bits per heavy atom. The van der Waals surface area contributed by atoms with Crippen LogP contribution in [0.2, 0.25) is 0 Å². The highest BCUT2D eigenvalue weighted by atomic mass is 16.5. The molecule has 6 heteroatoms. The molecule has 2 heterocycles. The van der Waals surface area contributed by atoms with E-state index in [0.717, 1.165) is 43.2 Å². The normalized spacial score (nSPS) is 19.8. The topological polar surface area (TPSA) is 48.1 Å². The van der Waals surface area contributed by atoms with Crippen LogP contribution in [0.1, 0.15) is 32.3 Å². The second-order valence-corrected chi connectivity index (χ2v) is 8.51. The van der Waals surface area contributed by atoms with Gasteiger partial charge in [0.1, 0.15) is 5.75 Å². The zero-order valence-corrected chi connectivity index (χ0v) is 17.7. The Hall–Kier alpha value is -1.79. The highest BCUT2D eigenvalue weighted by Crippen LogP contribution is 2.20. The van der Waals surface area contributed by atoms with E-state index in [1.165, 1.54) is 32.7 Å². The Morgan fingerprint density at radius 3 is 2.54 bits per heavy atom. The SMILES string of the molecule is CC(C)Oc1cccc(CNC(=O)N2CCC(CN3CCN(C)CC3)CC2)c1. The van der Waals surface area contributed by atoms with Gasteiger partial charge < -0.3 is 24.8 Å². The van der Waals surface area contributed by atoms with E-state index in [1.54, 1.807) is 0 Å². The summed E-state index contributed by atoms with van der Waals surface area (Å²) < 4.78 is 5.73. The maximum absolute atomic E-state index is 12.5. The number of piperidine rings is 1. The van der Waals surface area contributed by atoms with Gasteiger partial charge in [0, 0.05) is 52.4 Å². The third-order valence-corrected chi connectivity index (χ3v) is 5.73. The highest BCUT2D eigenvalue weighted by Gasteiger charge is 2.25. The number of nitrogens with one attached hydrogen (secondary N) is 1. The van der Waals surface area contributed by atoms with Gasteiger partial charge in [-0.25, -0.2) is 4.79 Å². The van der Waals surface area contributed by atoms with Crippen molar-refractivity contribution in [3.05, 3.63) is 29.8 Å². The van der Waals surface area contributed by atoms with E-state index in [4.69, 9.17) is 4.74 Å². The summed E-state index contributed by atoms with van der Waals surface area (Å²) in [5.74, 6) is 1.57. The van der Waals surface area contributed by atoms with Crippen LogP contribution in [-0.2, 0) is 6.54 Å². The molecule has 0 unspecified atom stereocenters. The lowest BCUT2D eigenvalue weighted by atomic mass is 9.96. The first-order valence-corrected chi connectivity index (χ1v) is 10.7. The van der Waals surface area contributed by atoms with Crippen molar-refractivity contribution in [2.75, 3.05) is 52.9 Å². The first-order valence-electron chi connectivity index (χ1n) is 10.7. The number of rotatable bonds is 6. The number of benzene rings is 1. The lowest BCUT2D eigenvalue weighted by Crippen LogP contribution is -2.49. The van der Waals surface area contributed by atoms with E-state index in [9.17, 15) is 4.79 Å². The molecular weight excluding hydrogens is 352 g/mol. The summed E-state index contributed by atoms with van der Waals surface area (Å²) in [6, 6.07) is 8.01. The molecule has 2 fully saturated rings. The lowest BCUT2D eigenvalue weighted by Gasteiger charge is -2.37. The monoisotopic (exact) mass is 388 g/mol. The molecular formula is C22H36N4O2. The number of ether oxygens (including phenoxy) is 1. The van der Waals surface area contributed by atoms with Gasteiger partial charge in [-0.15, -0.1) is 0 Å². The predicted octanol–water partition coefficient (Wildman–Crippen LogP) is 2.64. The molecule has 3 rings (SSSR count). The second kappa shape index (κ2) is 10.1. The molecule has 0 radical (unpaired) electrons. The first-order chi connectivity index (χ1) is 13.5. The van der Waals surface area contributed by atoms with E-state index < -0.39 is 0 Å². The molecule has 1 N–H and O–H groups in total. The van der Waals surface area contributed by atoms with Crippen LogP contribution in [0.15, 0.2) is 24.3 Å². The van der Waals surface area contributed by atoms with Crippen molar-refractivity contribution in [2.45, 2.75) is 39.3 Å². The van der Waals surface area contributed by atoms with Crippen molar-refractivity contribution in [3.8, 4) is 5.75 Å². The standard InChI is InChI=1S/C22H36N4O2/c1-18(2)28-21-6-4-5-20(15-21)16-23-22(27)26-9-7-19(8-10-26)17-25-13-11-24(3)12-14-25/h4-6,15,18-19H,7-14,16-17H2,1-3H3,(H,23,27). The molecule has 1 aromatic rings. The Kier molecular flexibility index (Phi) is 7.57. The molecule has 0 saturated carbocycles. The summed E-state index contributed by atoms with van der Waals surface area (Å²) in [7, 11) is 2.20. The fraction of sp³-hybridized carbons (Fsp3) is 0.682. The van der Waals surface area contributed by atoms with Crippen molar-refractivity contribution in [2.24, 2.45) is 5.92 Å². The molecule has 28 heavy (non-hydrogen) atoms. The molecule has 2 amide bonds. The Labute approximate surface area is 169 Å². The van der Waals surface area contributed by atoms with Crippen molar-refractivity contribution in [3.63, 3.8) is 0 Å². The van der Waals surface area contributed by atoms with E-state index in [1.807, 2.05) is 43.0 Å². The van der Waals surface area contributed by atoms with Crippen LogP contribution in [0, 0.1) is 5.92 Å². The smallest absolute Gasteiger partial charge is 0.317 e. The number of urea groups is 1. The van der Waals surface area contributed by atoms with Crippen molar-refractivity contribution in [1.29, 1.82) is 0 Å². The number of nitrogens with zero attached hydrogens (tertiary/aromatic N) is 3. The third-order valence-electron chi connectivity index (χ3n) is 5.73. The number of hydrogen-bond donors (Lipinski definition) is 1. The fourth-order valence-corrected chi connectivity index (χ4v) is 4.00. The minimum Gasteiger partial charge on any atom is -0.491 e. The van der Waals surface area contributed by atoms with Crippen LogP contribution in [-0.4, -0.2) is 79.7 Å². The van der Waals surface area contributed by atoms with Gasteiger partial charge in [0.15, 0.2) is 0 Å². The van der Waals surface area contributed by atoms with Crippen molar-refractivity contribution < 1.29 is 9.53 Å². The number of piperazine rings is 1. The van der Waals surface area contributed by atoms with Crippen LogP contribution in [0.25, 0.3) is 0 Å². The van der Waals surface area contributed by atoms with Crippen LogP contribution in [0.4, 0.5) is 4.79 Å². The zero-order valence-electron chi connectivity index (χ0n) is 17.7. The molecule has 2 saturated heterocycles.